The highest BCUT2D eigenvalue weighted by Gasteiger charge is 2.48. The SMILES string of the molecule is CCN(CC)CCCN(CC)C1(CN)CCN2CCC1C2. The molecule has 0 aromatic heterocycles. The standard InChI is InChI=1S/C17H36N4/c1-4-19(5-2)10-7-11-21(6-3)17(15-18)9-13-20-12-8-16(17)14-20/h16H,4-15,18H2,1-3H3. The van der Waals surface area contributed by atoms with Crippen LogP contribution in [0.2, 0.25) is 0 Å². The van der Waals surface area contributed by atoms with Crippen LogP contribution in [0.5, 0.6) is 0 Å². The van der Waals surface area contributed by atoms with Crippen LogP contribution >= 0.6 is 0 Å². The van der Waals surface area contributed by atoms with Gasteiger partial charge in [-0.2, -0.15) is 0 Å². The van der Waals surface area contributed by atoms with Crippen LogP contribution in [-0.4, -0.2) is 79.1 Å². The topological polar surface area (TPSA) is 35.7 Å². The largest absolute Gasteiger partial charge is 0.329 e. The van der Waals surface area contributed by atoms with Gasteiger partial charge in [0.1, 0.15) is 0 Å². The van der Waals surface area contributed by atoms with Gasteiger partial charge in [-0.25, -0.2) is 0 Å². The zero-order chi connectivity index (χ0) is 15.3. The fourth-order valence-electron chi connectivity index (χ4n) is 4.57. The second-order valence-corrected chi connectivity index (χ2v) is 6.80. The molecule has 4 nitrogen and oxygen atoms in total. The normalized spacial score (nSPS) is 32.3. The van der Waals surface area contributed by atoms with Gasteiger partial charge in [0.2, 0.25) is 0 Å². The van der Waals surface area contributed by atoms with E-state index in [2.05, 4.69) is 35.5 Å². The third kappa shape index (κ3) is 3.61. The third-order valence-electron chi connectivity index (χ3n) is 6.06. The molecule has 2 aliphatic heterocycles. The van der Waals surface area contributed by atoms with Crippen molar-refractivity contribution in [2.45, 2.75) is 45.6 Å². The van der Waals surface area contributed by atoms with E-state index in [4.69, 9.17) is 5.73 Å². The van der Waals surface area contributed by atoms with Crippen molar-refractivity contribution in [3.63, 3.8) is 0 Å². The summed E-state index contributed by atoms with van der Waals surface area (Å²) in [6.07, 6.45) is 3.89. The second-order valence-electron chi connectivity index (χ2n) is 6.80. The van der Waals surface area contributed by atoms with Gasteiger partial charge < -0.3 is 15.5 Å². The zero-order valence-electron chi connectivity index (χ0n) is 14.5. The van der Waals surface area contributed by atoms with Crippen molar-refractivity contribution in [3.8, 4) is 0 Å². The molecule has 124 valence electrons. The molecular weight excluding hydrogens is 260 g/mol. The number of fused-ring (bicyclic) bond motifs is 2. The first kappa shape index (κ1) is 17.2. The molecule has 21 heavy (non-hydrogen) atoms. The van der Waals surface area contributed by atoms with Crippen molar-refractivity contribution in [2.24, 2.45) is 11.7 Å². The highest BCUT2D eigenvalue weighted by Crippen LogP contribution is 2.39. The minimum atomic E-state index is 0.283. The molecule has 0 spiro atoms. The molecule has 0 aromatic carbocycles. The van der Waals surface area contributed by atoms with Gasteiger partial charge in [0.25, 0.3) is 0 Å². The van der Waals surface area contributed by atoms with E-state index in [9.17, 15) is 0 Å². The fraction of sp³-hybridized carbons (Fsp3) is 1.00. The van der Waals surface area contributed by atoms with Crippen LogP contribution in [-0.2, 0) is 0 Å². The summed E-state index contributed by atoms with van der Waals surface area (Å²) in [5.41, 5.74) is 6.60. The Kier molecular flexibility index (Phi) is 6.48. The molecule has 2 bridgehead atoms. The molecule has 0 amide bonds. The molecule has 3 atom stereocenters. The maximum absolute atomic E-state index is 6.31. The van der Waals surface area contributed by atoms with E-state index >= 15 is 0 Å². The first-order chi connectivity index (χ1) is 10.2. The van der Waals surface area contributed by atoms with Gasteiger partial charge >= 0.3 is 0 Å². The quantitative estimate of drug-likeness (QED) is 0.699. The van der Waals surface area contributed by atoms with E-state index in [-0.39, 0.29) is 5.54 Å². The van der Waals surface area contributed by atoms with Gasteiger partial charge in [0, 0.05) is 18.6 Å². The van der Waals surface area contributed by atoms with Crippen LogP contribution in [0, 0.1) is 5.92 Å². The Morgan fingerprint density at radius 2 is 1.86 bits per heavy atom. The minimum Gasteiger partial charge on any atom is -0.329 e. The fourth-order valence-corrected chi connectivity index (χ4v) is 4.57. The minimum absolute atomic E-state index is 0.283. The van der Waals surface area contributed by atoms with Crippen LogP contribution in [0.4, 0.5) is 0 Å². The maximum atomic E-state index is 6.31. The summed E-state index contributed by atoms with van der Waals surface area (Å²) >= 11 is 0. The lowest BCUT2D eigenvalue weighted by Crippen LogP contribution is -2.62. The van der Waals surface area contributed by atoms with Gasteiger partial charge in [-0.15, -0.1) is 0 Å². The second kappa shape index (κ2) is 7.91. The van der Waals surface area contributed by atoms with Gasteiger partial charge in [0.05, 0.1) is 0 Å². The van der Waals surface area contributed by atoms with Crippen molar-refractivity contribution in [3.05, 3.63) is 0 Å². The molecule has 2 rings (SSSR count). The van der Waals surface area contributed by atoms with Gasteiger partial charge in [0.15, 0.2) is 0 Å². The van der Waals surface area contributed by atoms with Crippen molar-refractivity contribution >= 4 is 0 Å². The van der Waals surface area contributed by atoms with E-state index in [1.165, 1.54) is 65.1 Å². The number of piperidine rings is 1. The molecule has 2 aliphatic rings. The molecular formula is C17H36N4. The molecule has 0 aliphatic carbocycles. The van der Waals surface area contributed by atoms with E-state index in [1.54, 1.807) is 0 Å². The van der Waals surface area contributed by atoms with E-state index in [0.29, 0.717) is 0 Å². The van der Waals surface area contributed by atoms with E-state index in [1.807, 2.05) is 0 Å². The first-order valence-corrected chi connectivity index (χ1v) is 9.10. The Labute approximate surface area is 131 Å². The molecule has 2 fully saturated rings. The molecule has 2 saturated heterocycles. The Bertz CT molecular complexity index is 305. The van der Waals surface area contributed by atoms with Crippen LogP contribution in [0.25, 0.3) is 0 Å². The van der Waals surface area contributed by atoms with Gasteiger partial charge in [-0.3, -0.25) is 4.90 Å². The highest BCUT2D eigenvalue weighted by atomic mass is 15.3. The summed E-state index contributed by atoms with van der Waals surface area (Å²) in [5, 5.41) is 0. The molecule has 2 heterocycles. The Balaban J connectivity index is 1.94. The van der Waals surface area contributed by atoms with E-state index < -0.39 is 0 Å². The maximum Gasteiger partial charge on any atom is 0.0384 e. The van der Waals surface area contributed by atoms with Crippen molar-refractivity contribution in [1.82, 2.24) is 14.7 Å². The molecule has 0 aromatic rings. The smallest absolute Gasteiger partial charge is 0.0384 e. The lowest BCUT2D eigenvalue weighted by atomic mass is 9.77. The lowest BCUT2D eigenvalue weighted by Gasteiger charge is -2.50. The predicted octanol–water partition coefficient (Wildman–Crippen LogP) is 1.46. The number of hydrogen-bond acceptors (Lipinski definition) is 4. The van der Waals surface area contributed by atoms with Crippen molar-refractivity contribution in [1.29, 1.82) is 0 Å². The Morgan fingerprint density at radius 3 is 2.48 bits per heavy atom. The molecule has 3 unspecified atom stereocenters. The van der Waals surface area contributed by atoms with Crippen molar-refractivity contribution < 1.29 is 0 Å². The number of rotatable bonds is 9. The Hall–Kier alpha value is -0.160. The summed E-state index contributed by atoms with van der Waals surface area (Å²) < 4.78 is 0. The summed E-state index contributed by atoms with van der Waals surface area (Å²) in [7, 11) is 0. The van der Waals surface area contributed by atoms with Crippen LogP contribution in [0.1, 0.15) is 40.0 Å². The molecule has 4 heteroatoms. The van der Waals surface area contributed by atoms with Crippen LogP contribution < -0.4 is 5.73 Å². The monoisotopic (exact) mass is 296 g/mol. The zero-order valence-corrected chi connectivity index (χ0v) is 14.5. The number of likely N-dealkylation sites (N-methyl/N-ethyl adjacent to an activating group) is 1. The van der Waals surface area contributed by atoms with Gasteiger partial charge in [-0.05, 0) is 71.0 Å². The molecule has 0 radical (unpaired) electrons. The van der Waals surface area contributed by atoms with Gasteiger partial charge in [-0.1, -0.05) is 20.8 Å². The average Bonchev–Trinajstić information content (AvgIpc) is 2.93. The Morgan fingerprint density at radius 1 is 1.10 bits per heavy atom. The summed E-state index contributed by atoms with van der Waals surface area (Å²) in [6.45, 7) is 17.4. The third-order valence-corrected chi connectivity index (χ3v) is 6.06. The number of nitrogens with zero attached hydrogens (tertiary/aromatic N) is 3. The molecule has 0 saturated carbocycles. The first-order valence-electron chi connectivity index (χ1n) is 9.10. The van der Waals surface area contributed by atoms with Crippen LogP contribution in [0.15, 0.2) is 0 Å². The summed E-state index contributed by atoms with van der Waals surface area (Å²) in [4.78, 5) is 7.88. The summed E-state index contributed by atoms with van der Waals surface area (Å²) in [6, 6.07) is 0. The number of hydrogen-bond donors (Lipinski definition) is 1. The predicted molar refractivity (Wildman–Crippen MR) is 90.6 cm³/mol. The summed E-state index contributed by atoms with van der Waals surface area (Å²) in [5.74, 6) is 0.796. The molecule has 2 N–H and O–H groups in total. The van der Waals surface area contributed by atoms with Crippen LogP contribution in [0.3, 0.4) is 0 Å². The lowest BCUT2D eigenvalue weighted by molar-refractivity contribution is 0.00897. The van der Waals surface area contributed by atoms with E-state index in [0.717, 1.165) is 19.0 Å². The highest BCUT2D eigenvalue weighted by molar-refractivity contribution is 5.05. The average molecular weight is 297 g/mol. The van der Waals surface area contributed by atoms with Crippen molar-refractivity contribution in [2.75, 3.05) is 58.9 Å². The number of nitrogens with two attached hydrogens (primary N) is 1.